The molecular weight excluding hydrogens is 206 g/mol. The first-order valence-corrected chi connectivity index (χ1v) is 4.46. The number of rotatable bonds is 6. The lowest BCUT2D eigenvalue weighted by Gasteiger charge is -2.06. The molecule has 0 unspecified atom stereocenters. The van der Waals surface area contributed by atoms with Gasteiger partial charge in [-0.15, -0.1) is 0 Å². The Balaban J connectivity index is 3.16. The summed E-state index contributed by atoms with van der Waals surface area (Å²) in [5, 5.41) is 6.89. The zero-order chi connectivity index (χ0) is 12.0. The van der Waals surface area contributed by atoms with E-state index in [0.29, 0.717) is 17.1 Å². The van der Waals surface area contributed by atoms with Gasteiger partial charge >= 0.3 is 0 Å². The van der Waals surface area contributed by atoms with Crippen molar-refractivity contribution in [2.45, 2.75) is 0 Å². The van der Waals surface area contributed by atoms with Gasteiger partial charge in [0, 0.05) is 11.6 Å². The van der Waals surface area contributed by atoms with Crippen LogP contribution < -0.4 is 9.47 Å². The van der Waals surface area contributed by atoms with E-state index in [1.54, 1.807) is 6.07 Å². The minimum absolute atomic E-state index is 0.311. The highest BCUT2D eigenvalue weighted by Gasteiger charge is 2.07. The summed E-state index contributed by atoms with van der Waals surface area (Å²) in [6, 6.07) is 4.60. The molecule has 0 aromatic heterocycles. The average Bonchev–Trinajstić information content (AvgIpc) is 2.28. The zero-order valence-electron chi connectivity index (χ0n) is 8.60. The van der Waals surface area contributed by atoms with Gasteiger partial charge in [0.05, 0.1) is 18.7 Å². The van der Waals surface area contributed by atoms with Crippen LogP contribution in [0.4, 0.5) is 0 Å². The molecule has 0 spiro atoms. The van der Waals surface area contributed by atoms with Gasteiger partial charge in [0.1, 0.15) is 11.5 Å². The van der Waals surface area contributed by atoms with Crippen molar-refractivity contribution in [3.05, 3.63) is 49.4 Å². The number of hydrogen-bond acceptors (Lipinski definition) is 4. The SMILES string of the molecule is C=COc1cc(OC=C)cc(C(=O)C=N)c1. The quantitative estimate of drug-likeness (QED) is 0.452. The number of ether oxygens (including phenoxy) is 2. The van der Waals surface area contributed by atoms with E-state index in [2.05, 4.69) is 13.2 Å². The van der Waals surface area contributed by atoms with Crippen LogP contribution in [0, 0.1) is 5.41 Å². The Labute approximate surface area is 93.3 Å². The monoisotopic (exact) mass is 217 g/mol. The number of nitrogens with one attached hydrogen (secondary N) is 1. The fourth-order valence-corrected chi connectivity index (χ4v) is 1.13. The third-order valence-corrected chi connectivity index (χ3v) is 1.73. The van der Waals surface area contributed by atoms with Crippen molar-refractivity contribution >= 4 is 12.0 Å². The van der Waals surface area contributed by atoms with Crippen LogP contribution in [0.25, 0.3) is 0 Å². The molecule has 0 aliphatic carbocycles. The number of benzene rings is 1. The van der Waals surface area contributed by atoms with Gasteiger partial charge in [-0.2, -0.15) is 0 Å². The maximum Gasteiger partial charge on any atom is 0.203 e. The second-order valence-corrected chi connectivity index (χ2v) is 2.77. The van der Waals surface area contributed by atoms with Gasteiger partial charge in [0.25, 0.3) is 0 Å². The minimum atomic E-state index is -0.427. The van der Waals surface area contributed by atoms with Crippen LogP contribution in [0.15, 0.2) is 43.9 Å². The number of carbonyl (C=O) groups excluding carboxylic acids is 1. The van der Waals surface area contributed by atoms with Gasteiger partial charge in [-0.1, -0.05) is 13.2 Å². The first-order valence-electron chi connectivity index (χ1n) is 4.46. The van der Waals surface area contributed by atoms with Crippen LogP contribution in [0.3, 0.4) is 0 Å². The Kier molecular flexibility index (Phi) is 4.03. The molecule has 16 heavy (non-hydrogen) atoms. The van der Waals surface area contributed by atoms with Crippen LogP contribution in [-0.4, -0.2) is 12.0 Å². The second-order valence-electron chi connectivity index (χ2n) is 2.77. The summed E-state index contributed by atoms with van der Waals surface area (Å²) in [6.07, 6.45) is 3.21. The molecule has 4 heteroatoms. The molecule has 0 aliphatic heterocycles. The normalized spacial score (nSPS) is 9.00. The summed E-state index contributed by atoms with van der Waals surface area (Å²) in [7, 11) is 0. The Morgan fingerprint density at radius 2 is 1.62 bits per heavy atom. The highest BCUT2D eigenvalue weighted by Crippen LogP contribution is 2.23. The van der Waals surface area contributed by atoms with E-state index in [-0.39, 0.29) is 0 Å². The van der Waals surface area contributed by atoms with E-state index in [0.717, 1.165) is 6.21 Å². The van der Waals surface area contributed by atoms with E-state index in [1.807, 2.05) is 0 Å². The highest BCUT2D eigenvalue weighted by atomic mass is 16.5. The van der Waals surface area contributed by atoms with Crippen LogP contribution in [0.2, 0.25) is 0 Å². The van der Waals surface area contributed by atoms with E-state index in [4.69, 9.17) is 14.9 Å². The van der Waals surface area contributed by atoms with Gasteiger partial charge in [0.2, 0.25) is 5.78 Å². The molecule has 1 aromatic rings. The molecule has 1 aromatic carbocycles. The zero-order valence-corrected chi connectivity index (χ0v) is 8.60. The molecule has 0 bridgehead atoms. The molecule has 1 N–H and O–H groups in total. The molecule has 0 atom stereocenters. The van der Waals surface area contributed by atoms with E-state index >= 15 is 0 Å². The predicted molar refractivity (Wildman–Crippen MR) is 61.2 cm³/mol. The maximum absolute atomic E-state index is 11.3. The summed E-state index contributed by atoms with van der Waals surface area (Å²) >= 11 is 0. The van der Waals surface area contributed by atoms with Crippen molar-refractivity contribution in [2.75, 3.05) is 0 Å². The molecular formula is C12H11NO3. The highest BCUT2D eigenvalue weighted by molar-refractivity contribution is 6.34. The maximum atomic E-state index is 11.3. The smallest absolute Gasteiger partial charge is 0.203 e. The fourth-order valence-electron chi connectivity index (χ4n) is 1.13. The first-order chi connectivity index (χ1) is 7.71. The summed E-state index contributed by atoms with van der Waals surface area (Å²) in [6.45, 7) is 6.83. The number of carbonyl (C=O) groups is 1. The van der Waals surface area contributed by atoms with Crippen LogP contribution >= 0.6 is 0 Å². The third-order valence-electron chi connectivity index (χ3n) is 1.73. The lowest BCUT2D eigenvalue weighted by Crippen LogP contribution is -2.00. The van der Waals surface area contributed by atoms with Crippen molar-refractivity contribution < 1.29 is 14.3 Å². The number of ketones is 1. The molecule has 0 saturated carbocycles. The molecule has 0 aliphatic rings. The molecule has 82 valence electrons. The topological polar surface area (TPSA) is 59.4 Å². The predicted octanol–water partition coefficient (Wildman–Crippen LogP) is 2.56. The number of Topliss-reactive ketones (excluding diaryl/α,β-unsaturated/α-hetero) is 1. The second kappa shape index (κ2) is 5.50. The van der Waals surface area contributed by atoms with Crippen LogP contribution in [0.5, 0.6) is 11.5 Å². The minimum Gasteiger partial charge on any atom is -0.465 e. The molecule has 1 rings (SSSR count). The fraction of sp³-hybridized carbons (Fsp3) is 0. The van der Waals surface area contributed by atoms with Gasteiger partial charge in [-0.25, -0.2) is 0 Å². The Morgan fingerprint density at radius 1 is 1.12 bits per heavy atom. The van der Waals surface area contributed by atoms with E-state index in [9.17, 15) is 4.79 Å². The molecule has 0 radical (unpaired) electrons. The lowest BCUT2D eigenvalue weighted by atomic mass is 10.1. The molecule has 0 saturated heterocycles. The van der Waals surface area contributed by atoms with Crippen LogP contribution in [0.1, 0.15) is 10.4 Å². The lowest BCUT2D eigenvalue weighted by molar-refractivity contribution is 0.106. The van der Waals surface area contributed by atoms with Gasteiger partial charge in [0.15, 0.2) is 0 Å². The van der Waals surface area contributed by atoms with Crippen molar-refractivity contribution in [1.82, 2.24) is 0 Å². The first kappa shape index (κ1) is 11.7. The molecule has 0 heterocycles. The van der Waals surface area contributed by atoms with Crippen molar-refractivity contribution in [3.63, 3.8) is 0 Å². The number of hydrogen-bond donors (Lipinski definition) is 1. The van der Waals surface area contributed by atoms with Gasteiger partial charge < -0.3 is 14.9 Å². The van der Waals surface area contributed by atoms with Gasteiger partial charge in [-0.05, 0) is 12.1 Å². The van der Waals surface area contributed by atoms with Gasteiger partial charge in [-0.3, -0.25) is 4.79 Å². The summed E-state index contributed by atoms with van der Waals surface area (Å²) < 4.78 is 10.1. The summed E-state index contributed by atoms with van der Waals surface area (Å²) in [5.41, 5.74) is 0.311. The Hall–Kier alpha value is -2.36. The standard InChI is InChI=1S/C12H11NO3/c1-3-15-10-5-9(12(14)8-13)6-11(7-10)16-4-2/h3-8,13H,1-2H2. The van der Waals surface area contributed by atoms with Crippen molar-refractivity contribution in [1.29, 1.82) is 5.41 Å². The Bertz CT molecular complexity index is 410. The molecule has 4 nitrogen and oxygen atoms in total. The third kappa shape index (κ3) is 2.81. The Morgan fingerprint density at radius 3 is 2.00 bits per heavy atom. The van der Waals surface area contributed by atoms with E-state index < -0.39 is 5.78 Å². The summed E-state index contributed by atoms with van der Waals surface area (Å²) in [4.78, 5) is 11.3. The summed E-state index contributed by atoms with van der Waals surface area (Å²) in [5.74, 6) is 0.405. The van der Waals surface area contributed by atoms with Crippen LogP contribution in [-0.2, 0) is 0 Å². The molecule has 0 amide bonds. The largest absolute Gasteiger partial charge is 0.465 e. The van der Waals surface area contributed by atoms with Crippen molar-refractivity contribution in [2.24, 2.45) is 0 Å². The van der Waals surface area contributed by atoms with Crippen molar-refractivity contribution in [3.8, 4) is 11.5 Å². The average molecular weight is 217 g/mol. The molecule has 0 fully saturated rings. The van der Waals surface area contributed by atoms with E-state index in [1.165, 1.54) is 24.7 Å².